The first-order valence-electron chi connectivity index (χ1n) is 9.72. The molecule has 0 fully saturated rings. The number of carbonyl (C=O) groups excluding carboxylic acids is 1. The number of benzene rings is 3. The van der Waals surface area contributed by atoms with E-state index in [9.17, 15) is 9.18 Å². The Hall–Kier alpha value is -3.18. The van der Waals surface area contributed by atoms with Gasteiger partial charge in [0.05, 0.1) is 10.7 Å². The van der Waals surface area contributed by atoms with Gasteiger partial charge in [-0.15, -0.1) is 0 Å². The lowest BCUT2D eigenvalue weighted by Crippen LogP contribution is -2.12. The number of fused-ring (bicyclic) bond motifs is 1. The van der Waals surface area contributed by atoms with Crippen LogP contribution in [-0.2, 0) is 0 Å². The lowest BCUT2D eigenvalue weighted by atomic mass is 9.98. The molecule has 0 aliphatic heterocycles. The second-order valence-electron chi connectivity index (χ2n) is 7.21. The molecule has 1 amide bonds. The van der Waals surface area contributed by atoms with E-state index in [1.807, 2.05) is 12.1 Å². The molecule has 0 bridgehead atoms. The largest absolute Gasteiger partial charge is 0.436 e. The average Bonchev–Trinajstić information content (AvgIpc) is 3.18. The number of halogens is 2. The third-order valence-corrected chi connectivity index (χ3v) is 5.47. The van der Waals surface area contributed by atoms with Gasteiger partial charge in [0.15, 0.2) is 5.58 Å². The summed E-state index contributed by atoms with van der Waals surface area (Å²) < 4.78 is 19.3. The molecule has 0 aliphatic rings. The summed E-state index contributed by atoms with van der Waals surface area (Å²) in [5.41, 5.74) is 3.96. The van der Waals surface area contributed by atoms with E-state index < -0.39 is 11.7 Å². The summed E-state index contributed by atoms with van der Waals surface area (Å²) >= 11 is 6.26. The van der Waals surface area contributed by atoms with E-state index in [1.54, 1.807) is 18.2 Å². The summed E-state index contributed by atoms with van der Waals surface area (Å²) in [4.78, 5) is 17.1. The fourth-order valence-electron chi connectivity index (χ4n) is 3.19. The van der Waals surface area contributed by atoms with Crippen LogP contribution in [0.3, 0.4) is 0 Å². The first kappa shape index (κ1) is 20.1. The van der Waals surface area contributed by atoms with Crippen molar-refractivity contribution < 1.29 is 13.6 Å². The monoisotopic (exact) mass is 422 g/mol. The molecule has 0 spiro atoms. The lowest BCUT2D eigenvalue weighted by Gasteiger charge is -2.08. The number of anilines is 1. The Bertz CT molecular complexity index is 1240. The minimum absolute atomic E-state index is 0.205. The first-order valence-corrected chi connectivity index (χ1v) is 10.1. The lowest BCUT2D eigenvalue weighted by molar-refractivity contribution is 0.102. The zero-order valence-corrected chi connectivity index (χ0v) is 17.3. The van der Waals surface area contributed by atoms with Gasteiger partial charge >= 0.3 is 0 Å². The molecular formula is C24H20ClFN2O2. The Morgan fingerprint density at radius 1 is 1.17 bits per heavy atom. The third kappa shape index (κ3) is 4.07. The number of aromatic nitrogens is 1. The van der Waals surface area contributed by atoms with Crippen LogP contribution in [-0.4, -0.2) is 10.9 Å². The second kappa shape index (κ2) is 8.28. The summed E-state index contributed by atoms with van der Waals surface area (Å²) in [6.07, 6.45) is 1.04. The smallest absolute Gasteiger partial charge is 0.255 e. The fraction of sp³-hybridized carbons (Fsp3) is 0.167. The fourth-order valence-corrected chi connectivity index (χ4v) is 3.35. The first-order chi connectivity index (χ1) is 14.4. The molecule has 1 atom stereocenters. The van der Waals surface area contributed by atoms with E-state index in [0.29, 0.717) is 33.7 Å². The van der Waals surface area contributed by atoms with Crippen molar-refractivity contribution in [2.24, 2.45) is 0 Å². The van der Waals surface area contributed by atoms with Crippen molar-refractivity contribution in [3.05, 3.63) is 82.6 Å². The Morgan fingerprint density at radius 3 is 2.77 bits per heavy atom. The molecule has 4 nitrogen and oxygen atoms in total. The molecule has 0 aliphatic carbocycles. The van der Waals surface area contributed by atoms with E-state index in [2.05, 4.69) is 30.2 Å². The van der Waals surface area contributed by atoms with Crippen LogP contribution in [0.5, 0.6) is 0 Å². The van der Waals surface area contributed by atoms with Crippen LogP contribution in [0, 0.1) is 5.82 Å². The van der Waals surface area contributed by atoms with Gasteiger partial charge < -0.3 is 9.73 Å². The predicted octanol–water partition coefficient (Wildman–Crippen LogP) is 7.05. The average molecular weight is 423 g/mol. The van der Waals surface area contributed by atoms with Crippen LogP contribution in [0.1, 0.15) is 42.1 Å². The molecule has 0 saturated heterocycles. The minimum Gasteiger partial charge on any atom is -0.436 e. The minimum atomic E-state index is -0.481. The molecule has 30 heavy (non-hydrogen) atoms. The van der Waals surface area contributed by atoms with Crippen LogP contribution in [0.15, 0.2) is 65.1 Å². The Labute approximate surface area is 178 Å². The second-order valence-corrected chi connectivity index (χ2v) is 7.62. The number of hydrogen-bond acceptors (Lipinski definition) is 3. The van der Waals surface area contributed by atoms with Crippen molar-refractivity contribution in [1.29, 1.82) is 0 Å². The highest BCUT2D eigenvalue weighted by molar-refractivity contribution is 6.34. The summed E-state index contributed by atoms with van der Waals surface area (Å²) in [6, 6.07) is 16.6. The summed E-state index contributed by atoms with van der Waals surface area (Å²) in [5, 5.41) is 3.08. The van der Waals surface area contributed by atoms with Crippen molar-refractivity contribution in [3.63, 3.8) is 0 Å². The molecule has 3 aromatic carbocycles. The molecule has 152 valence electrons. The number of carbonyl (C=O) groups is 1. The molecule has 1 heterocycles. The summed E-state index contributed by atoms with van der Waals surface area (Å²) in [5.74, 6) is -0.0611. The van der Waals surface area contributed by atoms with Crippen LogP contribution in [0.4, 0.5) is 10.1 Å². The van der Waals surface area contributed by atoms with Crippen LogP contribution in [0.25, 0.3) is 22.6 Å². The van der Waals surface area contributed by atoms with Gasteiger partial charge in [-0.3, -0.25) is 4.79 Å². The summed E-state index contributed by atoms with van der Waals surface area (Å²) in [6.45, 7) is 4.32. The molecule has 1 aromatic heterocycles. The zero-order chi connectivity index (χ0) is 21.3. The topological polar surface area (TPSA) is 55.1 Å². The number of hydrogen-bond donors (Lipinski definition) is 1. The van der Waals surface area contributed by atoms with Crippen molar-refractivity contribution in [2.75, 3.05) is 5.32 Å². The van der Waals surface area contributed by atoms with Gasteiger partial charge in [-0.1, -0.05) is 37.6 Å². The Balaban J connectivity index is 1.65. The molecule has 0 saturated carbocycles. The Kier molecular flexibility index (Phi) is 5.55. The van der Waals surface area contributed by atoms with E-state index in [-0.39, 0.29) is 5.56 Å². The predicted molar refractivity (Wildman–Crippen MR) is 118 cm³/mol. The van der Waals surface area contributed by atoms with Crippen molar-refractivity contribution >= 4 is 34.3 Å². The van der Waals surface area contributed by atoms with Gasteiger partial charge in [-0.05, 0) is 66.4 Å². The van der Waals surface area contributed by atoms with Gasteiger partial charge in [0.2, 0.25) is 5.89 Å². The van der Waals surface area contributed by atoms with E-state index >= 15 is 0 Å². The van der Waals surface area contributed by atoms with Crippen LogP contribution >= 0.6 is 11.6 Å². The van der Waals surface area contributed by atoms with Crippen LogP contribution < -0.4 is 5.32 Å². The van der Waals surface area contributed by atoms with Crippen molar-refractivity contribution in [1.82, 2.24) is 4.98 Å². The van der Waals surface area contributed by atoms with E-state index in [1.165, 1.54) is 29.8 Å². The van der Waals surface area contributed by atoms with Crippen LogP contribution in [0.2, 0.25) is 5.02 Å². The quantitative estimate of drug-likeness (QED) is 0.374. The Morgan fingerprint density at radius 2 is 2.00 bits per heavy atom. The van der Waals surface area contributed by atoms with E-state index in [0.717, 1.165) is 11.9 Å². The maximum absolute atomic E-state index is 13.4. The number of rotatable bonds is 5. The molecule has 4 aromatic rings. The molecule has 4 rings (SSSR count). The molecule has 0 radical (unpaired) electrons. The highest BCUT2D eigenvalue weighted by Crippen LogP contribution is 2.32. The molecular weight excluding hydrogens is 403 g/mol. The normalized spacial score (nSPS) is 12.1. The number of oxazole rings is 1. The third-order valence-electron chi connectivity index (χ3n) is 5.14. The number of amides is 1. The van der Waals surface area contributed by atoms with Gasteiger partial charge in [-0.25, -0.2) is 9.37 Å². The van der Waals surface area contributed by atoms with Gasteiger partial charge in [-0.2, -0.15) is 0 Å². The van der Waals surface area contributed by atoms with Gasteiger partial charge in [0.25, 0.3) is 5.91 Å². The number of nitrogens with zero attached hydrogens (tertiary/aromatic N) is 1. The van der Waals surface area contributed by atoms with Gasteiger partial charge in [0.1, 0.15) is 11.3 Å². The SMILES string of the molecule is CC[C@H](C)c1ccc2oc(-c3ccc(Cl)c(NC(=O)c4cccc(F)c4)c3)nc2c1. The summed E-state index contributed by atoms with van der Waals surface area (Å²) in [7, 11) is 0. The van der Waals surface area contributed by atoms with Crippen molar-refractivity contribution in [2.45, 2.75) is 26.2 Å². The molecule has 1 N–H and O–H groups in total. The van der Waals surface area contributed by atoms with Gasteiger partial charge in [0, 0.05) is 11.1 Å². The zero-order valence-electron chi connectivity index (χ0n) is 16.6. The maximum Gasteiger partial charge on any atom is 0.255 e. The molecule has 0 unspecified atom stereocenters. The highest BCUT2D eigenvalue weighted by Gasteiger charge is 2.14. The van der Waals surface area contributed by atoms with E-state index in [4.69, 9.17) is 16.0 Å². The number of nitrogens with one attached hydrogen (secondary N) is 1. The highest BCUT2D eigenvalue weighted by atomic mass is 35.5. The maximum atomic E-state index is 13.4. The van der Waals surface area contributed by atoms with Crippen molar-refractivity contribution in [3.8, 4) is 11.5 Å². The standard InChI is InChI=1S/C24H20ClFN2O2/c1-3-14(2)15-8-10-22-21(12-15)28-24(30-22)17-7-9-19(25)20(13-17)27-23(29)16-5-4-6-18(26)11-16/h4-14H,3H2,1-2H3,(H,27,29)/t14-/m0/s1. The molecule has 6 heteroatoms.